The highest BCUT2D eigenvalue weighted by molar-refractivity contribution is 8.13. The van der Waals surface area contributed by atoms with Crippen molar-refractivity contribution < 1.29 is 9.18 Å². The lowest BCUT2D eigenvalue weighted by Gasteiger charge is -2.02. The van der Waals surface area contributed by atoms with Crippen molar-refractivity contribution in [3.8, 4) is 0 Å². The molecular formula is C16H18FNOS. The first-order chi connectivity index (χ1) is 9.56. The number of carbonyl (C=O) groups is 1. The molecule has 0 atom stereocenters. The van der Waals surface area contributed by atoms with Crippen LogP contribution in [0, 0.1) is 5.82 Å². The van der Waals surface area contributed by atoms with Crippen molar-refractivity contribution in [2.75, 3.05) is 0 Å². The molecule has 0 saturated carbocycles. The number of hydrogen-bond acceptors (Lipinski definition) is 2. The first-order valence-corrected chi connectivity index (χ1v) is 7.70. The highest BCUT2D eigenvalue weighted by Crippen LogP contribution is 2.26. The van der Waals surface area contributed by atoms with Gasteiger partial charge in [-0.2, -0.15) is 0 Å². The summed E-state index contributed by atoms with van der Waals surface area (Å²) in [5.74, 6) is 0.369. The Morgan fingerprint density at radius 1 is 1.30 bits per heavy atom. The topological polar surface area (TPSA) is 29.4 Å². The molecule has 1 aromatic carbocycles. The van der Waals surface area contributed by atoms with Gasteiger partial charge in [-0.25, -0.2) is 9.38 Å². The smallest absolute Gasteiger partial charge is 0.267 e. The summed E-state index contributed by atoms with van der Waals surface area (Å²) in [4.78, 5) is 16.2. The molecule has 1 amide bonds. The van der Waals surface area contributed by atoms with Gasteiger partial charge in [-0.15, -0.1) is 11.8 Å². The summed E-state index contributed by atoms with van der Waals surface area (Å²) >= 11 is 1.51. The standard InChI is InChI=1S/C16H18FNOS/c1-11-4-3-5-15(11)16(19)18-12(2)20-10-13-6-8-14(17)9-7-13/h6-9H,3-5,10H2,1-2H3. The third kappa shape index (κ3) is 4.04. The van der Waals surface area contributed by atoms with Crippen LogP contribution in [0.2, 0.25) is 0 Å². The van der Waals surface area contributed by atoms with Crippen LogP contribution in [0.5, 0.6) is 0 Å². The van der Waals surface area contributed by atoms with Gasteiger partial charge in [-0.05, 0) is 50.8 Å². The van der Waals surface area contributed by atoms with Gasteiger partial charge in [0.2, 0.25) is 0 Å². The number of carbonyl (C=O) groups excluding carboxylic acids is 1. The van der Waals surface area contributed by atoms with E-state index in [0.29, 0.717) is 5.75 Å². The normalized spacial score (nSPS) is 15.8. The van der Waals surface area contributed by atoms with Gasteiger partial charge in [-0.3, -0.25) is 4.79 Å². The van der Waals surface area contributed by atoms with Crippen LogP contribution in [0.15, 0.2) is 40.4 Å². The van der Waals surface area contributed by atoms with Crippen LogP contribution in [0.3, 0.4) is 0 Å². The molecule has 0 aliphatic heterocycles. The van der Waals surface area contributed by atoms with Crippen LogP contribution >= 0.6 is 11.8 Å². The SMILES string of the molecule is CC(=NC(=O)C1=C(C)CCC1)SCc1ccc(F)cc1. The Kier molecular flexibility index (Phi) is 5.12. The second kappa shape index (κ2) is 6.84. The zero-order valence-corrected chi connectivity index (χ0v) is 12.6. The van der Waals surface area contributed by atoms with E-state index >= 15 is 0 Å². The molecule has 1 aromatic rings. The average Bonchev–Trinajstić information content (AvgIpc) is 2.84. The second-order valence-electron chi connectivity index (χ2n) is 4.96. The Labute approximate surface area is 123 Å². The molecule has 0 saturated heterocycles. The zero-order valence-electron chi connectivity index (χ0n) is 11.8. The van der Waals surface area contributed by atoms with Crippen LogP contribution < -0.4 is 0 Å². The van der Waals surface area contributed by atoms with Gasteiger partial charge in [0.25, 0.3) is 5.91 Å². The fourth-order valence-electron chi connectivity index (χ4n) is 2.20. The van der Waals surface area contributed by atoms with E-state index in [1.54, 1.807) is 12.1 Å². The largest absolute Gasteiger partial charge is 0.273 e. The quantitative estimate of drug-likeness (QED) is 0.606. The van der Waals surface area contributed by atoms with Gasteiger partial charge in [-0.1, -0.05) is 17.7 Å². The lowest BCUT2D eigenvalue weighted by Crippen LogP contribution is -2.01. The van der Waals surface area contributed by atoms with Crippen molar-refractivity contribution in [1.29, 1.82) is 0 Å². The molecule has 1 aliphatic rings. The number of amides is 1. The van der Waals surface area contributed by atoms with Crippen LogP contribution in [0.4, 0.5) is 4.39 Å². The van der Waals surface area contributed by atoms with Crippen molar-refractivity contribution in [3.63, 3.8) is 0 Å². The zero-order chi connectivity index (χ0) is 14.5. The minimum absolute atomic E-state index is 0.0934. The van der Waals surface area contributed by atoms with Gasteiger partial charge in [0.1, 0.15) is 5.82 Å². The van der Waals surface area contributed by atoms with Crippen molar-refractivity contribution in [2.45, 2.75) is 38.9 Å². The molecule has 0 N–H and O–H groups in total. The molecule has 0 heterocycles. The Morgan fingerprint density at radius 3 is 2.60 bits per heavy atom. The van der Waals surface area contributed by atoms with Crippen LogP contribution in [-0.4, -0.2) is 11.0 Å². The molecule has 0 unspecified atom stereocenters. The predicted molar refractivity (Wildman–Crippen MR) is 82.4 cm³/mol. The van der Waals surface area contributed by atoms with Gasteiger partial charge in [0.15, 0.2) is 0 Å². The minimum Gasteiger partial charge on any atom is -0.267 e. The lowest BCUT2D eigenvalue weighted by molar-refractivity contribution is -0.114. The van der Waals surface area contributed by atoms with Crippen molar-refractivity contribution in [3.05, 3.63) is 46.8 Å². The van der Waals surface area contributed by atoms with Crippen LogP contribution in [0.25, 0.3) is 0 Å². The number of allylic oxidation sites excluding steroid dienone is 1. The van der Waals surface area contributed by atoms with Crippen molar-refractivity contribution in [1.82, 2.24) is 0 Å². The third-order valence-corrected chi connectivity index (χ3v) is 4.36. The number of hydrogen-bond donors (Lipinski definition) is 0. The maximum Gasteiger partial charge on any atom is 0.273 e. The molecule has 0 radical (unpaired) electrons. The van der Waals surface area contributed by atoms with E-state index in [1.807, 2.05) is 13.8 Å². The van der Waals surface area contributed by atoms with Gasteiger partial charge in [0, 0.05) is 11.3 Å². The second-order valence-corrected chi connectivity index (χ2v) is 6.13. The van der Waals surface area contributed by atoms with E-state index in [4.69, 9.17) is 0 Å². The molecule has 20 heavy (non-hydrogen) atoms. The van der Waals surface area contributed by atoms with E-state index in [2.05, 4.69) is 4.99 Å². The Morgan fingerprint density at radius 2 is 2.00 bits per heavy atom. The maximum atomic E-state index is 12.8. The number of benzene rings is 1. The fraction of sp³-hybridized carbons (Fsp3) is 0.375. The highest BCUT2D eigenvalue weighted by atomic mass is 32.2. The summed E-state index contributed by atoms with van der Waals surface area (Å²) in [5.41, 5.74) is 3.08. The van der Waals surface area contributed by atoms with Gasteiger partial charge < -0.3 is 0 Å². The molecule has 0 spiro atoms. The molecule has 0 aromatic heterocycles. The van der Waals surface area contributed by atoms with E-state index in [0.717, 1.165) is 35.4 Å². The first-order valence-electron chi connectivity index (χ1n) is 6.72. The molecule has 4 heteroatoms. The van der Waals surface area contributed by atoms with Crippen LogP contribution in [0.1, 0.15) is 38.7 Å². The number of halogens is 1. The Balaban J connectivity index is 1.92. The maximum absolute atomic E-state index is 12.8. The molecule has 0 fully saturated rings. The van der Waals surface area contributed by atoms with E-state index in [-0.39, 0.29) is 11.7 Å². The monoisotopic (exact) mass is 291 g/mol. The number of aliphatic imine (C=N–C) groups is 1. The highest BCUT2D eigenvalue weighted by Gasteiger charge is 2.17. The fourth-order valence-corrected chi connectivity index (χ4v) is 2.91. The Hall–Kier alpha value is -1.42. The minimum atomic E-state index is -0.233. The summed E-state index contributed by atoms with van der Waals surface area (Å²) in [6.07, 6.45) is 2.92. The van der Waals surface area contributed by atoms with Crippen LogP contribution in [-0.2, 0) is 10.5 Å². The molecule has 106 valence electrons. The molecule has 2 rings (SSSR count). The summed E-state index contributed by atoms with van der Waals surface area (Å²) in [5, 5.41) is 0.756. The lowest BCUT2D eigenvalue weighted by atomic mass is 10.2. The summed E-state index contributed by atoms with van der Waals surface area (Å²) in [6, 6.07) is 6.39. The molecule has 0 bridgehead atoms. The van der Waals surface area contributed by atoms with Crippen molar-refractivity contribution in [2.24, 2.45) is 4.99 Å². The number of rotatable bonds is 3. The summed E-state index contributed by atoms with van der Waals surface area (Å²) < 4.78 is 12.8. The van der Waals surface area contributed by atoms with E-state index < -0.39 is 0 Å². The summed E-state index contributed by atoms with van der Waals surface area (Å²) in [6.45, 7) is 3.85. The predicted octanol–water partition coefficient (Wildman–Crippen LogP) is 4.50. The average molecular weight is 291 g/mol. The van der Waals surface area contributed by atoms with Gasteiger partial charge in [0.05, 0.1) is 5.04 Å². The Bertz CT molecular complexity index is 560. The van der Waals surface area contributed by atoms with Crippen molar-refractivity contribution >= 4 is 22.7 Å². The molecule has 2 nitrogen and oxygen atoms in total. The molecule has 1 aliphatic carbocycles. The molecular weight excluding hydrogens is 273 g/mol. The number of thioether (sulfide) groups is 1. The van der Waals surface area contributed by atoms with E-state index in [9.17, 15) is 9.18 Å². The van der Waals surface area contributed by atoms with E-state index in [1.165, 1.54) is 29.5 Å². The third-order valence-electron chi connectivity index (χ3n) is 3.37. The van der Waals surface area contributed by atoms with Gasteiger partial charge >= 0.3 is 0 Å². The number of nitrogens with zero attached hydrogens (tertiary/aromatic N) is 1. The summed E-state index contributed by atoms with van der Waals surface area (Å²) in [7, 11) is 0. The first kappa shape index (κ1) is 15.0.